The number of methoxy groups -OCH3 is 1. The Morgan fingerprint density at radius 3 is 2.76 bits per heavy atom. The number of hydrogen-bond acceptors (Lipinski definition) is 4. The number of halogens is 1. The average molecular weight is 331 g/mol. The van der Waals surface area contributed by atoms with Crippen LogP contribution in [-0.4, -0.2) is 39.0 Å². The molecule has 0 spiro atoms. The van der Waals surface area contributed by atoms with Gasteiger partial charge in [-0.05, 0) is 36.8 Å². The summed E-state index contributed by atoms with van der Waals surface area (Å²) in [6, 6.07) is 4.79. The number of ether oxygens (including phenoxy) is 1. The highest BCUT2D eigenvalue weighted by Crippen LogP contribution is 2.40. The van der Waals surface area contributed by atoms with E-state index in [1.165, 1.54) is 17.5 Å². The second-order valence-corrected chi connectivity index (χ2v) is 8.10. The molecule has 1 aromatic carbocycles. The highest BCUT2D eigenvalue weighted by atomic mass is 35.5. The summed E-state index contributed by atoms with van der Waals surface area (Å²) in [7, 11) is -2.10. The Labute approximate surface area is 130 Å². The van der Waals surface area contributed by atoms with Gasteiger partial charge in [-0.1, -0.05) is 11.6 Å². The smallest absolute Gasteiger partial charge is 0.244 e. The maximum absolute atomic E-state index is 12.8. The minimum absolute atomic E-state index is 0.107. The molecule has 7 heteroatoms. The first-order valence-electron chi connectivity index (χ1n) is 7.02. The summed E-state index contributed by atoms with van der Waals surface area (Å²) in [5.74, 6) is 1.12. The molecule has 3 rings (SSSR count). The lowest BCUT2D eigenvalue weighted by Gasteiger charge is -2.19. The van der Waals surface area contributed by atoms with Gasteiger partial charge in [-0.3, -0.25) is 0 Å². The Balaban J connectivity index is 1.91. The lowest BCUT2D eigenvalue weighted by Crippen LogP contribution is -2.33. The van der Waals surface area contributed by atoms with Crippen molar-refractivity contribution in [3.63, 3.8) is 0 Å². The summed E-state index contributed by atoms with van der Waals surface area (Å²) in [5.41, 5.74) is 6.07. The molecule has 1 aromatic rings. The summed E-state index contributed by atoms with van der Waals surface area (Å²) in [6.45, 7) is 1.02. The van der Waals surface area contributed by atoms with Crippen molar-refractivity contribution in [2.45, 2.75) is 23.8 Å². The van der Waals surface area contributed by atoms with E-state index in [1.807, 2.05) is 0 Å². The largest absolute Gasteiger partial charge is 0.497 e. The molecule has 2 N–H and O–H groups in total. The zero-order valence-electron chi connectivity index (χ0n) is 11.8. The van der Waals surface area contributed by atoms with Crippen LogP contribution in [0.25, 0.3) is 0 Å². The lowest BCUT2D eigenvalue weighted by atomic mass is 9.98. The molecule has 2 aliphatic rings. The van der Waals surface area contributed by atoms with Crippen LogP contribution in [0.2, 0.25) is 5.02 Å². The van der Waals surface area contributed by atoms with Crippen molar-refractivity contribution >= 4 is 21.6 Å². The van der Waals surface area contributed by atoms with E-state index >= 15 is 0 Å². The molecule has 3 atom stereocenters. The van der Waals surface area contributed by atoms with Crippen molar-refractivity contribution < 1.29 is 13.2 Å². The van der Waals surface area contributed by atoms with Crippen molar-refractivity contribution in [1.29, 1.82) is 0 Å². The predicted octanol–water partition coefficient (Wildman–Crippen LogP) is 1.71. The third-order valence-corrected chi connectivity index (χ3v) is 6.95. The standard InChI is InChI=1S/C14H19ClN2O3S/c1-20-10-3-4-12(15)14(6-10)21(18,19)17-7-9-2-5-13(16)11(9)8-17/h3-4,6,9,11,13H,2,5,7-8,16H2,1H3. The SMILES string of the molecule is COc1ccc(Cl)c(S(=O)(=O)N2CC3CCC(N)C3C2)c1. The monoisotopic (exact) mass is 330 g/mol. The molecule has 5 nitrogen and oxygen atoms in total. The molecular weight excluding hydrogens is 312 g/mol. The van der Waals surface area contributed by atoms with Crippen LogP contribution >= 0.6 is 11.6 Å². The fourth-order valence-corrected chi connectivity index (χ4v) is 5.43. The van der Waals surface area contributed by atoms with Crippen molar-refractivity contribution in [3.8, 4) is 5.75 Å². The summed E-state index contributed by atoms with van der Waals surface area (Å²) in [4.78, 5) is 0.108. The van der Waals surface area contributed by atoms with Crippen LogP contribution in [0.3, 0.4) is 0 Å². The third-order valence-electron chi connectivity index (χ3n) is 4.64. The topological polar surface area (TPSA) is 72.6 Å². The Bertz CT molecular complexity index is 650. The summed E-state index contributed by atoms with van der Waals surface area (Å²) < 4.78 is 32.2. The Morgan fingerprint density at radius 2 is 2.10 bits per heavy atom. The summed E-state index contributed by atoms with van der Waals surface area (Å²) >= 11 is 6.08. The van der Waals surface area contributed by atoms with Crippen molar-refractivity contribution in [2.75, 3.05) is 20.2 Å². The molecule has 3 unspecified atom stereocenters. The van der Waals surface area contributed by atoms with Gasteiger partial charge in [0.05, 0.1) is 12.1 Å². The zero-order chi connectivity index (χ0) is 15.2. The minimum Gasteiger partial charge on any atom is -0.497 e. The van der Waals surface area contributed by atoms with Gasteiger partial charge in [-0.2, -0.15) is 4.31 Å². The first-order chi connectivity index (χ1) is 9.93. The molecular formula is C14H19ClN2O3S. The van der Waals surface area contributed by atoms with Crippen LogP contribution < -0.4 is 10.5 Å². The fraction of sp³-hybridized carbons (Fsp3) is 0.571. The quantitative estimate of drug-likeness (QED) is 0.915. The van der Waals surface area contributed by atoms with Gasteiger partial charge in [0, 0.05) is 25.2 Å². The average Bonchev–Trinajstić information content (AvgIpc) is 3.02. The second-order valence-electron chi connectivity index (χ2n) is 5.78. The molecule has 1 heterocycles. The maximum atomic E-state index is 12.8. The van der Waals surface area contributed by atoms with E-state index in [1.54, 1.807) is 12.1 Å². The van der Waals surface area contributed by atoms with E-state index in [-0.39, 0.29) is 21.9 Å². The van der Waals surface area contributed by atoms with E-state index in [9.17, 15) is 8.42 Å². The predicted molar refractivity (Wildman–Crippen MR) is 81.0 cm³/mol. The summed E-state index contributed by atoms with van der Waals surface area (Å²) in [6.07, 6.45) is 1.99. The van der Waals surface area contributed by atoms with Gasteiger partial charge in [-0.15, -0.1) is 0 Å². The molecule has 1 saturated carbocycles. The van der Waals surface area contributed by atoms with Gasteiger partial charge >= 0.3 is 0 Å². The summed E-state index contributed by atoms with van der Waals surface area (Å²) in [5, 5.41) is 0.220. The van der Waals surface area contributed by atoms with Crippen molar-refractivity contribution in [2.24, 2.45) is 17.6 Å². The van der Waals surface area contributed by atoms with Gasteiger partial charge in [0.25, 0.3) is 0 Å². The van der Waals surface area contributed by atoms with Gasteiger partial charge in [-0.25, -0.2) is 8.42 Å². The van der Waals surface area contributed by atoms with Crippen LogP contribution in [0.4, 0.5) is 0 Å². The Hall–Kier alpha value is -0.820. The van der Waals surface area contributed by atoms with Gasteiger partial charge in [0.2, 0.25) is 10.0 Å². The molecule has 1 aliphatic heterocycles. The maximum Gasteiger partial charge on any atom is 0.244 e. The first kappa shape index (κ1) is 15.1. The van der Waals surface area contributed by atoms with Crippen LogP contribution in [0.1, 0.15) is 12.8 Å². The number of benzene rings is 1. The van der Waals surface area contributed by atoms with E-state index in [0.717, 1.165) is 12.8 Å². The molecule has 0 radical (unpaired) electrons. The highest BCUT2D eigenvalue weighted by molar-refractivity contribution is 7.89. The minimum atomic E-state index is -3.60. The van der Waals surface area contributed by atoms with E-state index in [0.29, 0.717) is 24.8 Å². The van der Waals surface area contributed by atoms with E-state index in [4.69, 9.17) is 22.1 Å². The highest BCUT2D eigenvalue weighted by Gasteiger charge is 2.45. The number of nitrogens with two attached hydrogens (primary N) is 1. The first-order valence-corrected chi connectivity index (χ1v) is 8.84. The van der Waals surface area contributed by atoms with Crippen LogP contribution in [0.5, 0.6) is 5.75 Å². The van der Waals surface area contributed by atoms with E-state index < -0.39 is 10.0 Å². The molecule has 0 bridgehead atoms. The van der Waals surface area contributed by atoms with Gasteiger partial charge < -0.3 is 10.5 Å². The zero-order valence-corrected chi connectivity index (χ0v) is 13.4. The Kier molecular flexibility index (Phi) is 3.90. The molecule has 2 fully saturated rings. The Morgan fingerprint density at radius 1 is 1.33 bits per heavy atom. The number of sulfonamides is 1. The van der Waals surface area contributed by atoms with E-state index in [2.05, 4.69) is 0 Å². The van der Waals surface area contributed by atoms with Crippen LogP contribution in [-0.2, 0) is 10.0 Å². The number of hydrogen-bond donors (Lipinski definition) is 1. The lowest BCUT2D eigenvalue weighted by molar-refractivity contribution is 0.411. The molecule has 0 amide bonds. The molecule has 21 heavy (non-hydrogen) atoms. The van der Waals surface area contributed by atoms with Crippen LogP contribution in [0.15, 0.2) is 23.1 Å². The molecule has 0 aromatic heterocycles. The molecule has 116 valence electrons. The molecule has 1 aliphatic carbocycles. The second kappa shape index (κ2) is 5.43. The number of fused-ring (bicyclic) bond motifs is 1. The van der Waals surface area contributed by atoms with Crippen molar-refractivity contribution in [3.05, 3.63) is 23.2 Å². The van der Waals surface area contributed by atoms with Crippen molar-refractivity contribution in [1.82, 2.24) is 4.31 Å². The third kappa shape index (κ3) is 2.54. The number of nitrogens with zero attached hydrogens (tertiary/aromatic N) is 1. The van der Waals surface area contributed by atoms with Gasteiger partial charge in [0.15, 0.2) is 0 Å². The molecule has 1 saturated heterocycles. The normalized spacial score (nSPS) is 29.6. The van der Waals surface area contributed by atoms with Crippen LogP contribution in [0, 0.1) is 11.8 Å². The fourth-order valence-electron chi connectivity index (χ4n) is 3.41. The number of rotatable bonds is 3. The van der Waals surface area contributed by atoms with Gasteiger partial charge in [0.1, 0.15) is 10.6 Å².